The van der Waals surface area contributed by atoms with Crippen LogP contribution in [0.1, 0.15) is 19.4 Å². The Hall–Kier alpha value is -1.61. The van der Waals surface area contributed by atoms with E-state index in [-0.39, 0.29) is 5.69 Å². The number of benzene rings is 1. The number of carbonyl (C=O) groups excluding carboxylic acids is 1. The molecule has 0 spiro atoms. The van der Waals surface area contributed by atoms with E-state index in [2.05, 4.69) is 10.3 Å². The van der Waals surface area contributed by atoms with Crippen molar-refractivity contribution in [1.82, 2.24) is 5.32 Å². The predicted octanol–water partition coefficient (Wildman–Crippen LogP) is 3.51. The lowest BCUT2D eigenvalue weighted by atomic mass is 10.1. The SMILES string of the molecule is CN(C(=O)C(F)(F)F)c1ccccc1CSC1=NC(C)(C)C(=S)N1. The van der Waals surface area contributed by atoms with Gasteiger partial charge in [0, 0.05) is 18.5 Å². The molecule has 2 rings (SSSR count). The normalized spacial score (nSPS) is 16.6. The molecule has 4 nitrogen and oxygen atoms in total. The van der Waals surface area contributed by atoms with Gasteiger partial charge in [-0.15, -0.1) is 0 Å². The Bertz CT molecular complexity index is 701. The van der Waals surface area contributed by atoms with Gasteiger partial charge in [0.1, 0.15) is 10.5 Å². The van der Waals surface area contributed by atoms with E-state index in [9.17, 15) is 18.0 Å². The molecule has 0 fully saturated rings. The quantitative estimate of drug-likeness (QED) is 0.822. The highest BCUT2D eigenvalue weighted by Gasteiger charge is 2.42. The zero-order valence-corrected chi connectivity index (χ0v) is 14.9. The number of halogens is 3. The van der Waals surface area contributed by atoms with Crippen LogP contribution in [0.5, 0.6) is 0 Å². The average molecular weight is 375 g/mol. The number of thiocarbonyl (C=S) groups is 1. The van der Waals surface area contributed by atoms with Crippen molar-refractivity contribution in [2.24, 2.45) is 4.99 Å². The second-order valence-corrected chi connectivity index (χ2v) is 7.08. The summed E-state index contributed by atoms with van der Waals surface area (Å²) in [6.45, 7) is 3.75. The predicted molar refractivity (Wildman–Crippen MR) is 94.4 cm³/mol. The van der Waals surface area contributed by atoms with E-state index in [0.717, 1.165) is 7.05 Å². The Morgan fingerprint density at radius 1 is 1.38 bits per heavy atom. The first kappa shape index (κ1) is 18.7. The lowest BCUT2D eigenvalue weighted by Crippen LogP contribution is -2.38. The standard InChI is InChI=1S/C15H16F3N3OS2/c1-14(2)11(23)19-13(20-14)24-8-9-6-4-5-7-10(9)21(3)12(22)15(16,17)18/h4-7H,8H2,1-3H3,(H,19,20,23). The van der Waals surface area contributed by atoms with E-state index >= 15 is 0 Å². The van der Waals surface area contributed by atoms with Crippen LogP contribution in [0.15, 0.2) is 29.3 Å². The molecule has 1 amide bonds. The molecule has 1 aliphatic rings. The number of rotatable bonds is 3. The van der Waals surface area contributed by atoms with Gasteiger partial charge in [0.25, 0.3) is 0 Å². The summed E-state index contributed by atoms with van der Waals surface area (Å²) in [4.78, 5) is 17.1. The minimum atomic E-state index is -4.91. The number of anilines is 1. The van der Waals surface area contributed by atoms with Crippen molar-refractivity contribution in [2.45, 2.75) is 31.3 Å². The highest BCUT2D eigenvalue weighted by atomic mass is 32.2. The second kappa shape index (κ2) is 6.72. The number of amides is 1. The van der Waals surface area contributed by atoms with Gasteiger partial charge in [-0.2, -0.15) is 13.2 Å². The van der Waals surface area contributed by atoms with Crippen LogP contribution >= 0.6 is 24.0 Å². The van der Waals surface area contributed by atoms with Crippen molar-refractivity contribution in [3.05, 3.63) is 29.8 Å². The monoisotopic (exact) mass is 375 g/mol. The van der Waals surface area contributed by atoms with E-state index in [0.29, 0.717) is 26.4 Å². The van der Waals surface area contributed by atoms with E-state index in [1.165, 1.54) is 17.8 Å². The molecule has 1 aliphatic heterocycles. The Morgan fingerprint density at radius 2 is 2.00 bits per heavy atom. The first-order valence-corrected chi connectivity index (χ1v) is 8.38. The summed E-state index contributed by atoms with van der Waals surface area (Å²) in [6.07, 6.45) is -4.91. The molecule has 0 radical (unpaired) electrons. The van der Waals surface area contributed by atoms with Gasteiger partial charge >= 0.3 is 12.1 Å². The van der Waals surface area contributed by atoms with Crippen molar-refractivity contribution in [3.63, 3.8) is 0 Å². The van der Waals surface area contributed by atoms with Gasteiger partial charge in [0.05, 0.1) is 0 Å². The number of para-hydroxylation sites is 1. The summed E-state index contributed by atoms with van der Waals surface area (Å²) < 4.78 is 37.9. The molecule has 9 heteroatoms. The number of hydrogen-bond donors (Lipinski definition) is 1. The summed E-state index contributed by atoms with van der Waals surface area (Å²) in [5, 5.41) is 3.61. The minimum Gasteiger partial charge on any atom is -0.327 e. The van der Waals surface area contributed by atoms with Gasteiger partial charge in [-0.25, -0.2) is 4.99 Å². The second-order valence-electron chi connectivity index (χ2n) is 5.71. The number of hydrogen-bond acceptors (Lipinski definition) is 4. The number of nitrogens with zero attached hydrogens (tertiary/aromatic N) is 2. The molecular weight excluding hydrogens is 359 g/mol. The van der Waals surface area contributed by atoms with Crippen LogP contribution in [0.2, 0.25) is 0 Å². The fraction of sp³-hybridized carbons (Fsp3) is 0.400. The van der Waals surface area contributed by atoms with Crippen LogP contribution in [0, 0.1) is 0 Å². The Morgan fingerprint density at radius 3 is 2.54 bits per heavy atom. The molecule has 0 aromatic heterocycles. The topological polar surface area (TPSA) is 44.7 Å². The van der Waals surface area contributed by atoms with Crippen LogP contribution < -0.4 is 10.2 Å². The number of carbonyl (C=O) groups is 1. The number of aliphatic imine (C=N–C) groups is 1. The van der Waals surface area contributed by atoms with Gasteiger partial charge in [-0.1, -0.05) is 42.2 Å². The van der Waals surface area contributed by atoms with Gasteiger partial charge < -0.3 is 10.2 Å². The zero-order chi connectivity index (χ0) is 18.1. The van der Waals surface area contributed by atoms with Gasteiger partial charge in [0.2, 0.25) is 0 Å². The number of amidine groups is 1. The molecule has 1 aromatic rings. The van der Waals surface area contributed by atoms with E-state index < -0.39 is 17.6 Å². The molecule has 24 heavy (non-hydrogen) atoms. The molecule has 0 saturated carbocycles. The smallest absolute Gasteiger partial charge is 0.327 e. The highest BCUT2D eigenvalue weighted by molar-refractivity contribution is 8.13. The maximum atomic E-state index is 12.6. The van der Waals surface area contributed by atoms with Crippen molar-refractivity contribution in [1.29, 1.82) is 0 Å². The summed E-state index contributed by atoms with van der Waals surface area (Å²) in [6, 6.07) is 6.47. The molecule has 0 atom stereocenters. The van der Waals surface area contributed by atoms with Crippen molar-refractivity contribution < 1.29 is 18.0 Å². The summed E-state index contributed by atoms with van der Waals surface area (Å²) in [5.74, 6) is -1.55. The number of nitrogens with one attached hydrogen (secondary N) is 1. The molecule has 0 unspecified atom stereocenters. The van der Waals surface area contributed by atoms with E-state index in [1.807, 2.05) is 13.8 Å². The molecule has 1 heterocycles. The third-order valence-electron chi connectivity index (χ3n) is 3.42. The Kier molecular flexibility index (Phi) is 5.24. The number of alkyl halides is 3. The minimum absolute atomic E-state index is 0.216. The van der Waals surface area contributed by atoms with Crippen LogP contribution in [0.3, 0.4) is 0 Å². The maximum Gasteiger partial charge on any atom is 0.471 e. The third kappa shape index (κ3) is 4.07. The van der Waals surface area contributed by atoms with Crippen molar-refractivity contribution >= 4 is 45.7 Å². The average Bonchev–Trinajstić information content (AvgIpc) is 2.76. The van der Waals surface area contributed by atoms with Crippen LogP contribution in [0.25, 0.3) is 0 Å². The molecular formula is C15H16F3N3OS2. The largest absolute Gasteiger partial charge is 0.471 e. The molecule has 0 aliphatic carbocycles. The first-order chi connectivity index (χ1) is 11.0. The van der Waals surface area contributed by atoms with Crippen LogP contribution in [-0.2, 0) is 10.5 Å². The molecule has 1 aromatic carbocycles. The van der Waals surface area contributed by atoms with Gasteiger partial charge in [0.15, 0.2) is 5.17 Å². The zero-order valence-electron chi connectivity index (χ0n) is 13.3. The van der Waals surface area contributed by atoms with E-state index in [4.69, 9.17) is 12.2 Å². The summed E-state index contributed by atoms with van der Waals surface area (Å²) in [7, 11) is 1.11. The van der Waals surface area contributed by atoms with Crippen molar-refractivity contribution in [2.75, 3.05) is 11.9 Å². The van der Waals surface area contributed by atoms with Crippen molar-refractivity contribution in [3.8, 4) is 0 Å². The summed E-state index contributed by atoms with van der Waals surface area (Å²) in [5.41, 5.74) is 0.329. The molecule has 0 saturated heterocycles. The third-order valence-corrected chi connectivity index (χ3v) is 4.95. The van der Waals surface area contributed by atoms with Gasteiger partial charge in [-0.3, -0.25) is 4.79 Å². The van der Waals surface area contributed by atoms with Crippen LogP contribution in [-0.4, -0.2) is 34.8 Å². The Balaban J connectivity index is 2.16. The fourth-order valence-corrected chi connectivity index (χ4v) is 3.27. The number of thioether (sulfide) groups is 1. The lowest BCUT2D eigenvalue weighted by molar-refractivity contribution is -0.170. The Labute approximate surface area is 147 Å². The maximum absolute atomic E-state index is 12.6. The van der Waals surface area contributed by atoms with Crippen LogP contribution in [0.4, 0.5) is 18.9 Å². The lowest BCUT2D eigenvalue weighted by Gasteiger charge is -2.21. The van der Waals surface area contributed by atoms with E-state index in [1.54, 1.807) is 18.2 Å². The first-order valence-electron chi connectivity index (χ1n) is 6.99. The molecule has 1 N–H and O–H groups in total. The molecule has 130 valence electrons. The summed E-state index contributed by atoms with van der Waals surface area (Å²) >= 11 is 6.51. The fourth-order valence-electron chi connectivity index (χ4n) is 2.06. The molecule has 0 bridgehead atoms. The van der Waals surface area contributed by atoms with Gasteiger partial charge in [-0.05, 0) is 25.5 Å². The highest BCUT2D eigenvalue weighted by Crippen LogP contribution is 2.29.